The Bertz CT molecular complexity index is 391. The minimum Gasteiger partial charge on any atom is -0.492 e. The van der Waals surface area contributed by atoms with Gasteiger partial charge in [-0.3, -0.25) is 4.79 Å². The fourth-order valence-corrected chi connectivity index (χ4v) is 1.39. The number of Topliss-reactive ketones (excluding diaryl/α,β-unsaturated/α-hetero) is 1. The van der Waals surface area contributed by atoms with Gasteiger partial charge in [-0.1, -0.05) is 26.8 Å². The molecule has 0 radical (unpaired) electrons. The monoisotopic (exact) mass is 265 g/mol. The second-order valence-electron chi connectivity index (χ2n) is 4.59. The summed E-state index contributed by atoms with van der Waals surface area (Å²) in [5, 5.41) is 3.18. The summed E-state index contributed by atoms with van der Waals surface area (Å²) in [7, 11) is 0. The van der Waals surface area contributed by atoms with Gasteiger partial charge in [0.25, 0.3) is 0 Å². The maximum absolute atomic E-state index is 11.5. The summed E-state index contributed by atoms with van der Waals surface area (Å²) in [6.45, 7) is 8.26. The predicted octanol–water partition coefficient (Wildman–Crippen LogP) is 2.28. The smallest absolute Gasteiger partial charge is 0.172 e. The summed E-state index contributed by atoms with van der Waals surface area (Å²) >= 11 is 0. The van der Waals surface area contributed by atoms with Crippen LogP contribution in [0.15, 0.2) is 24.3 Å². The first-order valence-electron chi connectivity index (χ1n) is 6.72. The fraction of sp³-hybridized carbons (Fsp3) is 0.533. The van der Waals surface area contributed by atoms with E-state index in [-0.39, 0.29) is 18.3 Å². The first-order chi connectivity index (χ1) is 9.13. The number of hydrogen-bond donors (Lipinski definition) is 1. The SMILES string of the molecule is CCNCCOc1cccc(OCC(=O)C(C)C)c1. The number of carbonyl (C=O) groups is 1. The van der Waals surface area contributed by atoms with Crippen molar-refractivity contribution in [1.29, 1.82) is 0 Å². The van der Waals surface area contributed by atoms with E-state index in [0.717, 1.165) is 18.8 Å². The van der Waals surface area contributed by atoms with Crippen molar-refractivity contribution in [3.8, 4) is 11.5 Å². The third-order valence-corrected chi connectivity index (χ3v) is 2.63. The number of ketones is 1. The van der Waals surface area contributed by atoms with E-state index in [9.17, 15) is 4.79 Å². The number of ether oxygens (including phenoxy) is 2. The highest BCUT2D eigenvalue weighted by Crippen LogP contribution is 2.19. The highest BCUT2D eigenvalue weighted by molar-refractivity contribution is 5.81. The molecule has 1 rings (SSSR count). The summed E-state index contributed by atoms with van der Waals surface area (Å²) in [5.74, 6) is 1.51. The highest BCUT2D eigenvalue weighted by Gasteiger charge is 2.08. The van der Waals surface area contributed by atoms with E-state index in [0.29, 0.717) is 12.4 Å². The van der Waals surface area contributed by atoms with Crippen molar-refractivity contribution < 1.29 is 14.3 Å². The average molecular weight is 265 g/mol. The molecule has 0 atom stereocenters. The molecular weight excluding hydrogens is 242 g/mol. The van der Waals surface area contributed by atoms with Gasteiger partial charge >= 0.3 is 0 Å². The maximum Gasteiger partial charge on any atom is 0.172 e. The fourth-order valence-electron chi connectivity index (χ4n) is 1.39. The summed E-state index contributed by atoms with van der Waals surface area (Å²) in [4.78, 5) is 11.5. The minimum atomic E-state index is -0.000416. The van der Waals surface area contributed by atoms with Crippen LogP contribution in [-0.4, -0.2) is 32.1 Å². The predicted molar refractivity (Wildman–Crippen MR) is 75.8 cm³/mol. The van der Waals surface area contributed by atoms with Gasteiger partial charge in [0.05, 0.1) is 0 Å². The highest BCUT2D eigenvalue weighted by atomic mass is 16.5. The van der Waals surface area contributed by atoms with Gasteiger partial charge in [0.2, 0.25) is 0 Å². The number of carbonyl (C=O) groups excluding carboxylic acids is 1. The summed E-state index contributed by atoms with van der Waals surface area (Å²) in [6, 6.07) is 7.37. The number of rotatable bonds is 9. The first kappa shape index (κ1) is 15.5. The average Bonchev–Trinajstić information content (AvgIpc) is 2.41. The van der Waals surface area contributed by atoms with Crippen molar-refractivity contribution in [3.05, 3.63) is 24.3 Å². The molecule has 1 aromatic rings. The summed E-state index contributed by atoms with van der Waals surface area (Å²) in [5.41, 5.74) is 0. The lowest BCUT2D eigenvalue weighted by atomic mass is 10.1. The Morgan fingerprint density at radius 1 is 1.26 bits per heavy atom. The van der Waals surface area contributed by atoms with Gasteiger partial charge in [-0.2, -0.15) is 0 Å². The third kappa shape index (κ3) is 6.25. The van der Waals surface area contributed by atoms with E-state index < -0.39 is 0 Å². The Morgan fingerprint density at radius 3 is 2.58 bits per heavy atom. The molecule has 0 amide bonds. The molecule has 0 aliphatic carbocycles. The topological polar surface area (TPSA) is 47.6 Å². The molecule has 0 heterocycles. The van der Waals surface area contributed by atoms with Gasteiger partial charge in [-0.15, -0.1) is 0 Å². The number of hydrogen-bond acceptors (Lipinski definition) is 4. The quantitative estimate of drug-likeness (QED) is 0.696. The standard InChI is InChI=1S/C15H23NO3/c1-4-16-8-9-18-13-6-5-7-14(10-13)19-11-15(17)12(2)3/h5-7,10,12,16H,4,8-9,11H2,1-3H3. The zero-order chi connectivity index (χ0) is 14.1. The molecule has 1 N–H and O–H groups in total. The van der Waals surface area contributed by atoms with Crippen LogP contribution < -0.4 is 14.8 Å². The van der Waals surface area contributed by atoms with E-state index in [4.69, 9.17) is 9.47 Å². The normalized spacial score (nSPS) is 10.5. The molecule has 4 heteroatoms. The van der Waals surface area contributed by atoms with E-state index in [2.05, 4.69) is 12.2 Å². The molecule has 4 nitrogen and oxygen atoms in total. The van der Waals surface area contributed by atoms with Crippen LogP contribution in [0.5, 0.6) is 11.5 Å². The minimum absolute atomic E-state index is 0.000416. The van der Waals surface area contributed by atoms with E-state index >= 15 is 0 Å². The van der Waals surface area contributed by atoms with Crippen molar-refractivity contribution in [3.63, 3.8) is 0 Å². The number of benzene rings is 1. The van der Waals surface area contributed by atoms with Crippen molar-refractivity contribution in [1.82, 2.24) is 5.32 Å². The molecule has 0 spiro atoms. The van der Waals surface area contributed by atoms with Crippen LogP contribution in [0.3, 0.4) is 0 Å². The Balaban J connectivity index is 2.41. The van der Waals surface area contributed by atoms with Gasteiger partial charge in [0, 0.05) is 18.5 Å². The Morgan fingerprint density at radius 2 is 1.95 bits per heavy atom. The van der Waals surface area contributed by atoms with Gasteiger partial charge in [-0.05, 0) is 18.7 Å². The second-order valence-corrected chi connectivity index (χ2v) is 4.59. The number of likely N-dealkylation sites (N-methyl/N-ethyl adjacent to an activating group) is 1. The van der Waals surface area contributed by atoms with Crippen LogP contribution >= 0.6 is 0 Å². The largest absolute Gasteiger partial charge is 0.492 e. The van der Waals surface area contributed by atoms with E-state index in [1.807, 2.05) is 32.0 Å². The van der Waals surface area contributed by atoms with Crippen molar-refractivity contribution in [2.45, 2.75) is 20.8 Å². The summed E-state index contributed by atoms with van der Waals surface area (Å²) in [6.07, 6.45) is 0. The molecule has 19 heavy (non-hydrogen) atoms. The van der Waals surface area contributed by atoms with Gasteiger partial charge in [0.1, 0.15) is 24.7 Å². The Hall–Kier alpha value is -1.55. The molecule has 0 unspecified atom stereocenters. The van der Waals surface area contributed by atoms with Crippen LogP contribution in [-0.2, 0) is 4.79 Å². The zero-order valence-electron chi connectivity index (χ0n) is 11.9. The Labute approximate surface area is 115 Å². The number of nitrogens with one attached hydrogen (secondary N) is 1. The lowest BCUT2D eigenvalue weighted by Crippen LogP contribution is -2.20. The lowest BCUT2D eigenvalue weighted by molar-refractivity contribution is -0.123. The van der Waals surface area contributed by atoms with Crippen molar-refractivity contribution >= 4 is 5.78 Å². The van der Waals surface area contributed by atoms with Crippen LogP contribution in [0.2, 0.25) is 0 Å². The van der Waals surface area contributed by atoms with Crippen molar-refractivity contribution in [2.24, 2.45) is 5.92 Å². The summed E-state index contributed by atoms with van der Waals surface area (Å²) < 4.78 is 11.0. The lowest BCUT2D eigenvalue weighted by Gasteiger charge is -2.10. The first-order valence-corrected chi connectivity index (χ1v) is 6.72. The van der Waals surface area contributed by atoms with E-state index in [1.54, 1.807) is 6.07 Å². The molecule has 0 aromatic heterocycles. The third-order valence-electron chi connectivity index (χ3n) is 2.63. The molecule has 0 fully saturated rings. The zero-order valence-corrected chi connectivity index (χ0v) is 11.9. The molecule has 0 aliphatic rings. The molecular formula is C15H23NO3. The molecule has 0 saturated heterocycles. The van der Waals surface area contributed by atoms with Crippen LogP contribution in [0.1, 0.15) is 20.8 Å². The second kappa shape index (κ2) is 8.53. The molecule has 106 valence electrons. The van der Waals surface area contributed by atoms with E-state index in [1.165, 1.54) is 0 Å². The van der Waals surface area contributed by atoms with Gasteiger partial charge in [0.15, 0.2) is 5.78 Å². The Kier molecular flexibility index (Phi) is 6.97. The van der Waals surface area contributed by atoms with Crippen LogP contribution in [0.4, 0.5) is 0 Å². The molecule has 0 bridgehead atoms. The van der Waals surface area contributed by atoms with Crippen molar-refractivity contribution in [2.75, 3.05) is 26.3 Å². The molecule has 0 saturated carbocycles. The van der Waals surface area contributed by atoms with Crippen LogP contribution in [0.25, 0.3) is 0 Å². The molecule has 0 aliphatic heterocycles. The van der Waals surface area contributed by atoms with Gasteiger partial charge < -0.3 is 14.8 Å². The van der Waals surface area contributed by atoms with Gasteiger partial charge in [-0.25, -0.2) is 0 Å². The maximum atomic E-state index is 11.5. The van der Waals surface area contributed by atoms with Crippen LogP contribution in [0, 0.1) is 5.92 Å². The molecule has 1 aromatic carbocycles.